The smallest absolute Gasteiger partial charge is 0.462 e. The maximum Gasteiger partial charge on any atom is 0.472 e. The molecule has 2 atom stereocenters. The van der Waals surface area contributed by atoms with Crippen LogP contribution in [0.1, 0.15) is 200 Å². The molecule has 376 valence electrons. The second-order valence-corrected chi connectivity index (χ2v) is 18.1. The number of unbranched alkanes of at least 4 members (excludes halogenated alkanes) is 16. The number of allylic oxidation sites excluding steroid dienone is 18. The molecular formula is C56H94NO8P. The van der Waals surface area contributed by atoms with E-state index in [2.05, 4.69) is 123 Å². The van der Waals surface area contributed by atoms with Crippen molar-refractivity contribution in [2.45, 2.75) is 206 Å². The van der Waals surface area contributed by atoms with Gasteiger partial charge in [-0.15, -0.1) is 0 Å². The summed E-state index contributed by atoms with van der Waals surface area (Å²) < 4.78 is 32.9. The molecule has 0 radical (unpaired) electrons. The first kappa shape index (κ1) is 62.7. The molecular weight excluding hydrogens is 846 g/mol. The summed E-state index contributed by atoms with van der Waals surface area (Å²) in [6.07, 6.45) is 68.3. The number of ether oxygens (including phenoxy) is 2. The topological polar surface area (TPSA) is 134 Å². The molecule has 0 rings (SSSR count). The number of phosphoric ester groups is 1. The summed E-state index contributed by atoms with van der Waals surface area (Å²) >= 11 is 0. The van der Waals surface area contributed by atoms with Gasteiger partial charge in [0.2, 0.25) is 0 Å². The molecule has 3 N–H and O–H groups in total. The normalized spacial score (nSPS) is 14.1. The van der Waals surface area contributed by atoms with Crippen LogP contribution in [0.25, 0.3) is 0 Å². The van der Waals surface area contributed by atoms with Gasteiger partial charge in [0.25, 0.3) is 0 Å². The molecule has 66 heavy (non-hydrogen) atoms. The fourth-order valence-corrected chi connectivity index (χ4v) is 7.35. The number of hydrogen-bond acceptors (Lipinski definition) is 8. The third-order valence-electron chi connectivity index (χ3n) is 10.4. The second kappa shape index (κ2) is 51.1. The lowest BCUT2D eigenvalue weighted by Gasteiger charge is -2.19. The maximum absolute atomic E-state index is 12.7. The third-order valence-corrected chi connectivity index (χ3v) is 11.4. The molecule has 0 aromatic carbocycles. The molecule has 0 saturated carbocycles. The van der Waals surface area contributed by atoms with Crippen LogP contribution in [0.3, 0.4) is 0 Å². The Morgan fingerprint density at radius 2 is 0.833 bits per heavy atom. The standard InChI is InChI=1S/C56H94NO8P/c1-3-5-7-9-11-13-15-17-19-21-23-24-25-26-27-28-29-30-31-33-35-37-39-41-43-45-47-49-56(59)65-54(53-64-66(60,61)63-51-50-57)52-62-55(58)48-46-44-42-40-38-36-34-32-22-20-18-16-14-12-10-8-6-4-2/h5,7,11,13-14,16-17,19-20,22-24,26-27,29-30,33,35,54H,3-4,6,8-10,12,15,18,21,25,28,31-32,34,36-53,57H2,1-2H3,(H,60,61)/b7-5-,13-11-,16-14-,19-17-,22-20-,24-23-,27-26-,30-29-,35-33-. The van der Waals surface area contributed by atoms with Crippen LogP contribution < -0.4 is 5.73 Å². The average molecular weight is 940 g/mol. The number of carbonyl (C=O) groups excluding carboxylic acids is 2. The summed E-state index contributed by atoms with van der Waals surface area (Å²) in [6.45, 7) is 3.56. The van der Waals surface area contributed by atoms with E-state index in [-0.39, 0.29) is 32.6 Å². The predicted molar refractivity (Wildman–Crippen MR) is 279 cm³/mol. The summed E-state index contributed by atoms with van der Waals surface area (Å²) in [4.78, 5) is 35.1. The van der Waals surface area contributed by atoms with E-state index in [0.29, 0.717) is 12.8 Å². The Hall–Kier alpha value is -3.33. The molecule has 0 aliphatic rings. The van der Waals surface area contributed by atoms with Gasteiger partial charge in [0.1, 0.15) is 6.61 Å². The molecule has 0 bridgehead atoms. The summed E-state index contributed by atoms with van der Waals surface area (Å²) in [5, 5.41) is 0. The Bertz CT molecular complexity index is 1440. The van der Waals surface area contributed by atoms with Crippen molar-refractivity contribution < 1.29 is 37.6 Å². The van der Waals surface area contributed by atoms with E-state index in [1.165, 1.54) is 51.4 Å². The zero-order chi connectivity index (χ0) is 48.1. The quantitative estimate of drug-likeness (QED) is 0.0265. The first-order valence-corrected chi connectivity index (χ1v) is 27.4. The van der Waals surface area contributed by atoms with Crippen LogP contribution in [0.15, 0.2) is 109 Å². The van der Waals surface area contributed by atoms with Gasteiger partial charge < -0.3 is 20.1 Å². The minimum Gasteiger partial charge on any atom is -0.462 e. The van der Waals surface area contributed by atoms with Crippen molar-refractivity contribution in [3.8, 4) is 0 Å². The van der Waals surface area contributed by atoms with Gasteiger partial charge >= 0.3 is 19.8 Å². The highest BCUT2D eigenvalue weighted by Gasteiger charge is 2.26. The molecule has 0 aromatic rings. The predicted octanol–water partition coefficient (Wildman–Crippen LogP) is 15.9. The van der Waals surface area contributed by atoms with Gasteiger partial charge in [-0.3, -0.25) is 18.6 Å². The lowest BCUT2D eigenvalue weighted by Crippen LogP contribution is -2.29. The number of rotatable bonds is 47. The van der Waals surface area contributed by atoms with E-state index in [4.69, 9.17) is 24.3 Å². The monoisotopic (exact) mass is 940 g/mol. The third kappa shape index (κ3) is 50.1. The van der Waals surface area contributed by atoms with Crippen molar-refractivity contribution >= 4 is 19.8 Å². The minimum absolute atomic E-state index is 0.0426. The molecule has 2 unspecified atom stereocenters. The highest BCUT2D eigenvalue weighted by Crippen LogP contribution is 2.43. The number of carbonyl (C=O) groups is 2. The van der Waals surface area contributed by atoms with E-state index in [0.717, 1.165) is 109 Å². The van der Waals surface area contributed by atoms with Crippen LogP contribution in [0.5, 0.6) is 0 Å². The number of phosphoric acid groups is 1. The van der Waals surface area contributed by atoms with E-state index in [1.807, 2.05) is 0 Å². The molecule has 10 heteroatoms. The SMILES string of the molecule is CC/C=C\C/C=C\C/C=C\C/C=C\C/C=C\C/C=C\C/C=C\CCCCCCCC(=O)OC(COC(=O)CCCCCCCCC/C=C\C/C=C\CCCCCC)COP(=O)(O)OCCN. The van der Waals surface area contributed by atoms with E-state index >= 15 is 0 Å². The highest BCUT2D eigenvalue weighted by molar-refractivity contribution is 7.47. The Labute approximate surface area is 403 Å². The van der Waals surface area contributed by atoms with Gasteiger partial charge in [-0.1, -0.05) is 194 Å². The van der Waals surface area contributed by atoms with Gasteiger partial charge in [0.15, 0.2) is 6.10 Å². The number of hydrogen-bond donors (Lipinski definition) is 2. The van der Waals surface area contributed by atoms with Crippen molar-refractivity contribution in [3.05, 3.63) is 109 Å². The first-order chi connectivity index (χ1) is 32.3. The second-order valence-electron chi connectivity index (χ2n) is 16.7. The van der Waals surface area contributed by atoms with Crippen LogP contribution in [0, 0.1) is 0 Å². The highest BCUT2D eigenvalue weighted by atomic mass is 31.2. The largest absolute Gasteiger partial charge is 0.472 e. The molecule has 0 spiro atoms. The van der Waals surface area contributed by atoms with E-state index in [1.54, 1.807) is 0 Å². The Kier molecular flexibility index (Phi) is 48.5. The van der Waals surface area contributed by atoms with Crippen molar-refractivity contribution in [3.63, 3.8) is 0 Å². The van der Waals surface area contributed by atoms with Crippen molar-refractivity contribution in [1.82, 2.24) is 0 Å². The minimum atomic E-state index is -4.40. The summed E-state index contributed by atoms with van der Waals surface area (Å²) in [5.41, 5.74) is 5.37. The molecule has 0 fully saturated rings. The zero-order valence-electron chi connectivity index (χ0n) is 41.6. The fourth-order valence-electron chi connectivity index (χ4n) is 6.59. The van der Waals surface area contributed by atoms with Crippen LogP contribution in [0.4, 0.5) is 0 Å². The van der Waals surface area contributed by atoms with E-state index < -0.39 is 32.5 Å². The lowest BCUT2D eigenvalue weighted by molar-refractivity contribution is -0.161. The van der Waals surface area contributed by atoms with Gasteiger partial charge in [-0.2, -0.15) is 0 Å². The zero-order valence-corrected chi connectivity index (χ0v) is 42.5. The lowest BCUT2D eigenvalue weighted by atomic mass is 10.1. The Morgan fingerprint density at radius 1 is 0.470 bits per heavy atom. The van der Waals surface area contributed by atoms with E-state index in [9.17, 15) is 19.0 Å². The summed E-state index contributed by atoms with van der Waals surface area (Å²) in [7, 11) is -4.40. The number of nitrogens with two attached hydrogens (primary N) is 1. The van der Waals surface area contributed by atoms with Crippen LogP contribution >= 0.6 is 7.82 Å². The summed E-state index contributed by atoms with van der Waals surface area (Å²) in [5.74, 6) is -0.867. The van der Waals surface area contributed by atoms with Crippen molar-refractivity contribution in [2.75, 3.05) is 26.4 Å². The van der Waals surface area contributed by atoms with Gasteiger partial charge in [0, 0.05) is 19.4 Å². The Morgan fingerprint density at radius 3 is 1.24 bits per heavy atom. The first-order valence-electron chi connectivity index (χ1n) is 25.9. The Balaban J connectivity index is 4.15. The number of esters is 2. The van der Waals surface area contributed by atoms with Crippen LogP contribution in [-0.4, -0.2) is 49.3 Å². The van der Waals surface area contributed by atoms with Crippen LogP contribution in [0.2, 0.25) is 0 Å². The molecule has 0 aromatic heterocycles. The molecule has 0 heterocycles. The van der Waals surface area contributed by atoms with Crippen molar-refractivity contribution in [2.24, 2.45) is 5.73 Å². The fraction of sp³-hybridized carbons (Fsp3) is 0.643. The molecule has 0 saturated heterocycles. The molecule has 9 nitrogen and oxygen atoms in total. The van der Waals surface area contributed by atoms with Gasteiger partial charge in [-0.25, -0.2) is 4.57 Å². The van der Waals surface area contributed by atoms with Crippen LogP contribution in [-0.2, 0) is 32.7 Å². The van der Waals surface area contributed by atoms with Gasteiger partial charge in [0.05, 0.1) is 13.2 Å². The molecule has 0 aliphatic carbocycles. The molecule has 0 amide bonds. The summed E-state index contributed by atoms with van der Waals surface area (Å²) in [6, 6.07) is 0. The van der Waals surface area contributed by atoms with Gasteiger partial charge in [-0.05, 0) is 103 Å². The molecule has 0 aliphatic heterocycles. The van der Waals surface area contributed by atoms with Crippen molar-refractivity contribution in [1.29, 1.82) is 0 Å². The average Bonchev–Trinajstić information content (AvgIpc) is 3.31. The maximum atomic E-state index is 12.7.